The van der Waals surface area contributed by atoms with Crippen molar-refractivity contribution in [3.8, 4) is 0 Å². The van der Waals surface area contributed by atoms with Crippen LogP contribution in [0, 0.1) is 11.7 Å². The lowest BCUT2D eigenvalue weighted by molar-refractivity contribution is 0.605. The molecule has 0 atom stereocenters. The minimum absolute atomic E-state index is 0.207. The normalized spacial score (nSPS) is 11.7. The molecule has 0 saturated heterocycles. The van der Waals surface area contributed by atoms with Crippen molar-refractivity contribution in [2.75, 3.05) is 13.1 Å². The number of nitrogens with one attached hydrogen (secondary N) is 2. The molecule has 1 aromatic rings. The van der Waals surface area contributed by atoms with Gasteiger partial charge in [-0.05, 0) is 18.9 Å². The molecular formula is C14H22FN3. The SMILES string of the molecule is CCNC(=NCc1ccccc1F)NCC(C)C. The predicted molar refractivity (Wildman–Crippen MR) is 74.1 cm³/mol. The van der Waals surface area contributed by atoms with E-state index in [0.29, 0.717) is 18.0 Å². The van der Waals surface area contributed by atoms with Gasteiger partial charge in [0.1, 0.15) is 5.82 Å². The molecule has 0 bridgehead atoms. The van der Waals surface area contributed by atoms with Crippen LogP contribution < -0.4 is 10.6 Å². The van der Waals surface area contributed by atoms with Crippen LogP contribution in [-0.4, -0.2) is 19.0 Å². The quantitative estimate of drug-likeness (QED) is 0.623. The maximum Gasteiger partial charge on any atom is 0.191 e. The van der Waals surface area contributed by atoms with Crippen molar-refractivity contribution in [3.05, 3.63) is 35.6 Å². The predicted octanol–water partition coefficient (Wildman–Crippen LogP) is 2.54. The van der Waals surface area contributed by atoms with Crippen molar-refractivity contribution in [1.29, 1.82) is 0 Å². The number of guanidine groups is 1. The van der Waals surface area contributed by atoms with Gasteiger partial charge in [0.15, 0.2) is 5.96 Å². The van der Waals surface area contributed by atoms with Gasteiger partial charge in [-0.1, -0.05) is 32.0 Å². The van der Waals surface area contributed by atoms with Crippen LogP contribution in [0.5, 0.6) is 0 Å². The molecule has 0 fully saturated rings. The van der Waals surface area contributed by atoms with E-state index in [-0.39, 0.29) is 5.82 Å². The molecule has 1 aromatic carbocycles. The molecule has 100 valence electrons. The van der Waals surface area contributed by atoms with Crippen LogP contribution >= 0.6 is 0 Å². The molecule has 0 amide bonds. The molecule has 0 aromatic heterocycles. The summed E-state index contributed by atoms with van der Waals surface area (Å²) in [6.07, 6.45) is 0. The molecule has 0 spiro atoms. The van der Waals surface area contributed by atoms with Gasteiger partial charge in [-0.25, -0.2) is 9.38 Å². The molecule has 0 aliphatic heterocycles. The Morgan fingerprint density at radius 3 is 2.61 bits per heavy atom. The molecule has 1 rings (SSSR count). The lowest BCUT2D eigenvalue weighted by Crippen LogP contribution is -2.39. The Bertz CT molecular complexity index is 388. The number of aliphatic imine (C=N–C) groups is 1. The first kappa shape index (κ1) is 14.5. The Balaban J connectivity index is 2.62. The smallest absolute Gasteiger partial charge is 0.191 e. The minimum atomic E-state index is -0.207. The van der Waals surface area contributed by atoms with Gasteiger partial charge in [-0.3, -0.25) is 0 Å². The van der Waals surface area contributed by atoms with Gasteiger partial charge in [-0.2, -0.15) is 0 Å². The van der Waals surface area contributed by atoms with E-state index in [1.807, 2.05) is 13.0 Å². The van der Waals surface area contributed by atoms with E-state index in [0.717, 1.165) is 19.0 Å². The van der Waals surface area contributed by atoms with Gasteiger partial charge in [-0.15, -0.1) is 0 Å². The first-order valence-electron chi connectivity index (χ1n) is 6.39. The van der Waals surface area contributed by atoms with Crippen molar-refractivity contribution in [1.82, 2.24) is 10.6 Å². The fourth-order valence-corrected chi connectivity index (χ4v) is 1.43. The highest BCUT2D eigenvalue weighted by atomic mass is 19.1. The Morgan fingerprint density at radius 2 is 2.00 bits per heavy atom. The third kappa shape index (κ3) is 5.17. The molecule has 0 unspecified atom stereocenters. The van der Waals surface area contributed by atoms with Crippen LogP contribution in [0.2, 0.25) is 0 Å². The molecule has 18 heavy (non-hydrogen) atoms. The number of hydrogen-bond donors (Lipinski definition) is 2. The highest BCUT2D eigenvalue weighted by molar-refractivity contribution is 5.79. The fraction of sp³-hybridized carbons (Fsp3) is 0.500. The van der Waals surface area contributed by atoms with E-state index in [1.165, 1.54) is 6.07 Å². The second-order valence-electron chi connectivity index (χ2n) is 4.56. The third-order valence-electron chi connectivity index (χ3n) is 2.39. The Hall–Kier alpha value is -1.58. The molecular weight excluding hydrogens is 229 g/mol. The molecule has 3 nitrogen and oxygen atoms in total. The van der Waals surface area contributed by atoms with Crippen LogP contribution in [0.15, 0.2) is 29.3 Å². The van der Waals surface area contributed by atoms with E-state index in [9.17, 15) is 4.39 Å². The van der Waals surface area contributed by atoms with Crippen molar-refractivity contribution >= 4 is 5.96 Å². The van der Waals surface area contributed by atoms with Gasteiger partial charge < -0.3 is 10.6 Å². The number of rotatable bonds is 5. The van der Waals surface area contributed by atoms with Gasteiger partial charge in [0.25, 0.3) is 0 Å². The zero-order chi connectivity index (χ0) is 13.4. The summed E-state index contributed by atoms with van der Waals surface area (Å²) >= 11 is 0. The summed E-state index contributed by atoms with van der Waals surface area (Å²) in [6.45, 7) is 8.26. The highest BCUT2D eigenvalue weighted by Gasteiger charge is 2.02. The van der Waals surface area contributed by atoms with Crippen LogP contribution in [-0.2, 0) is 6.54 Å². The van der Waals surface area contributed by atoms with Gasteiger partial charge in [0, 0.05) is 18.7 Å². The second-order valence-corrected chi connectivity index (χ2v) is 4.56. The van der Waals surface area contributed by atoms with E-state index in [1.54, 1.807) is 12.1 Å². The second kappa shape index (κ2) is 7.69. The van der Waals surface area contributed by atoms with Crippen molar-refractivity contribution in [2.24, 2.45) is 10.9 Å². The van der Waals surface area contributed by atoms with Crippen molar-refractivity contribution in [2.45, 2.75) is 27.3 Å². The van der Waals surface area contributed by atoms with Gasteiger partial charge in [0.2, 0.25) is 0 Å². The summed E-state index contributed by atoms with van der Waals surface area (Å²) in [5, 5.41) is 6.37. The molecule has 2 N–H and O–H groups in total. The summed E-state index contributed by atoms with van der Waals surface area (Å²) in [7, 11) is 0. The van der Waals surface area contributed by atoms with E-state index in [2.05, 4.69) is 29.5 Å². The minimum Gasteiger partial charge on any atom is -0.357 e. The maximum atomic E-state index is 13.4. The third-order valence-corrected chi connectivity index (χ3v) is 2.39. The molecule has 0 radical (unpaired) electrons. The Morgan fingerprint density at radius 1 is 1.28 bits per heavy atom. The first-order chi connectivity index (χ1) is 8.63. The van der Waals surface area contributed by atoms with Crippen LogP contribution in [0.25, 0.3) is 0 Å². The summed E-state index contributed by atoms with van der Waals surface area (Å²) < 4.78 is 13.4. The summed E-state index contributed by atoms with van der Waals surface area (Å²) in [6, 6.07) is 6.72. The summed E-state index contributed by atoms with van der Waals surface area (Å²) in [5.41, 5.74) is 0.610. The molecule has 0 aliphatic rings. The van der Waals surface area contributed by atoms with E-state index in [4.69, 9.17) is 0 Å². The van der Waals surface area contributed by atoms with Crippen LogP contribution in [0.4, 0.5) is 4.39 Å². The zero-order valence-corrected chi connectivity index (χ0v) is 11.3. The Kier molecular flexibility index (Phi) is 6.19. The van der Waals surface area contributed by atoms with Gasteiger partial charge >= 0.3 is 0 Å². The van der Waals surface area contributed by atoms with Crippen LogP contribution in [0.1, 0.15) is 26.3 Å². The fourth-order valence-electron chi connectivity index (χ4n) is 1.43. The lowest BCUT2D eigenvalue weighted by atomic mass is 10.2. The maximum absolute atomic E-state index is 13.4. The van der Waals surface area contributed by atoms with Crippen molar-refractivity contribution in [3.63, 3.8) is 0 Å². The standard InChI is InChI=1S/C14H22FN3/c1-4-16-14(17-9-11(2)3)18-10-12-7-5-6-8-13(12)15/h5-8,11H,4,9-10H2,1-3H3,(H2,16,17,18). The largest absolute Gasteiger partial charge is 0.357 e. The monoisotopic (exact) mass is 251 g/mol. The average molecular weight is 251 g/mol. The zero-order valence-electron chi connectivity index (χ0n) is 11.3. The molecule has 0 heterocycles. The molecule has 0 aliphatic carbocycles. The van der Waals surface area contributed by atoms with Gasteiger partial charge in [0.05, 0.1) is 6.54 Å². The number of hydrogen-bond acceptors (Lipinski definition) is 1. The topological polar surface area (TPSA) is 36.4 Å². The van der Waals surface area contributed by atoms with Crippen molar-refractivity contribution < 1.29 is 4.39 Å². The van der Waals surface area contributed by atoms with Crippen LogP contribution in [0.3, 0.4) is 0 Å². The summed E-state index contributed by atoms with van der Waals surface area (Å²) in [4.78, 5) is 4.37. The number of halogens is 1. The van der Waals surface area contributed by atoms with E-state index < -0.39 is 0 Å². The number of nitrogens with zero attached hydrogens (tertiary/aromatic N) is 1. The average Bonchev–Trinajstić information content (AvgIpc) is 2.34. The Labute approximate surface area is 109 Å². The molecule has 4 heteroatoms. The summed E-state index contributed by atoms with van der Waals surface area (Å²) in [5.74, 6) is 1.07. The lowest BCUT2D eigenvalue weighted by Gasteiger charge is -2.13. The van der Waals surface area contributed by atoms with E-state index >= 15 is 0 Å². The highest BCUT2D eigenvalue weighted by Crippen LogP contribution is 2.07. The number of benzene rings is 1. The first-order valence-corrected chi connectivity index (χ1v) is 6.39. The molecule has 0 saturated carbocycles.